The van der Waals surface area contributed by atoms with Crippen LogP contribution in [0.1, 0.15) is 28.1 Å². The number of thiophene rings is 1. The van der Waals surface area contributed by atoms with E-state index in [1.54, 1.807) is 17.5 Å². The summed E-state index contributed by atoms with van der Waals surface area (Å²) in [6, 6.07) is 7.02. The summed E-state index contributed by atoms with van der Waals surface area (Å²) >= 11 is 12.8. The van der Waals surface area contributed by atoms with Crippen LogP contribution in [-0.4, -0.2) is 46.1 Å². The molecular formula is C18H20Cl2N2O6S. The Labute approximate surface area is 181 Å². The van der Waals surface area contributed by atoms with Crippen LogP contribution in [0.15, 0.2) is 35.7 Å². The van der Waals surface area contributed by atoms with Crippen LogP contribution in [-0.2, 0) is 9.59 Å². The molecule has 0 aliphatic heterocycles. The number of benzene rings is 1. The van der Waals surface area contributed by atoms with Crippen molar-refractivity contribution in [3.63, 3.8) is 0 Å². The minimum Gasteiger partial charge on any atom is -0.480 e. The monoisotopic (exact) mass is 462 g/mol. The summed E-state index contributed by atoms with van der Waals surface area (Å²) in [5.74, 6) is -2.28. The van der Waals surface area contributed by atoms with Gasteiger partial charge in [-0.05, 0) is 49.0 Å². The first-order valence-corrected chi connectivity index (χ1v) is 9.96. The highest BCUT2D eigenvalue weighted by Gasteiger charge is 2.18. The van der Waals surface area contributed by atoms with Crippen molar-refractivity contribution in [3.05, 3.63) is 51.2 Å². The molecule has 11 heteroatoms. The number of ether oxygens (including phenoxy) is 1. The molecule has 1 aromatic carbocycles. The first-order valence-electron chi connectivity index (χ1n) is 8.27. The lowest BCUT2D eigenvalue weighted by molar-refractivity contribution is -0.141. The van der Waals surface area contributed by atoms with E-state index in [9.17, 15) is 14.4 Å². The molecule has 29 heavy (non-hydrogen) atoms. The lowest BCUT2D eigenvalue weighted by atomic mass is 10.1. The van der Waals surface area contributed by atoms with Gasteiger partial charge in [0, 0.05) is 5.56 Å². The Morgan fingerprint density at radius 2 is 1.86 bits per heavy atom. The maximum Gasteiger partial charge on any atom is 0.360 e. The highest BCUT2D eigenvalue weighted by Crippen LogP contribution is 2.27. The molecule has 1 aromatic heterocycles. The zero-order valence-corrected chi connectivity index (χ0v) is 17.4. The molecule has 2 atom stereocenters. The number of hydrogen-bond donors (Lipinski definition) is 4. The van der Waals surface area contributed by atoms with Crippen LogP contribution < -0.4 is 16.2 Å². The fourth-order valence-corrected chi connectivity index (χ4v) is 2.96. The molecule has 0 aliphatic carbocycles. The molecule has 6 N–H and O–H groups in total. The summed E-state index contributed by atoms with van der Waals surface area (Å²) in [5.41, 5.74) is 9.09. The zero-order valence-electron chi connectivity index (χ0n) is 15.1. The van der Waals surface area contributed by atoms with Crippen LogP contribution in [0.2, 0.25) is 5.02 Å². The van der Waals surface area contributed by atoms with Crippen LogP contribution in [0.25, 0.3) is 0 Å². The number of halogens is 2. The molecule has 0 aliphatic rings. The minimum atomic E-state index is -1.51. The molecule has 0 bridgehead atoms. The first kappa shape index (κ1) is 24.9. The molecule has 8 nitrogen and oxygen atoms in total. The van der Waals surface area contributed by atoms with Gasteiger partial charge < -0.3 is 26.4 Å². The van der Waals surface area contributed by atoms with E-state index in [4.69, 9.17) is 49.6 Å². The molecule has 0 spiro atoms. The highest BCUT2D eigenvalue weighted by molar-refractivity contribution is 7.12. The van der Waals surface area contributed by atoms with Gasteiger partial charge in [0.15, 0.2) is 0 Å². The van der Waals surface area contributed by atoms with Gasteiger partial charge in [-0.15, -0.1) is 11.3 Å². The van der Waals surface area contributed by atoms with E-state index in [1.807, 2.05) is 0 Å². The number of rotatable bonds is 9. The Morgan fingerprint density at radius 1 is 1.17 bits per heavy atom. The highest BCUT2D eigenvalue weighted by atomic mass is 35.5. The Morgan fingerprint density at radius 3 is 2.34 bits per heavy atom. The molecular weight excluding hydrogens is 443 g/mol. The van der Waals surface area contributed by atoms with E-state index in [0.29, 0.717) is 29.8 Å². The van der Waals surface area contributed by atoms with Gasteiger partial charge in [-0.3, -0.25) is 9.59 Å². The normalized spacial score (nSPS) is 12.3. The summed E-state index contributed by atoms with van der Waals surface area (Å²) in [5, 5.41) is 18.9. The van der Waals surface area contributed by atoms with Crippen LogP contribution in [0.3, 0.4) is 0 Å². The predicted octanol–water partition coefficient (Wildman–Crippen LogP) is 2.80. The van der Waals surface area contributed by atoms with Crippen molar-refractivity contribution >= 4 is 52.3 Å². The largest absolute Gasteiger partial charge is 0.480 e. The van der Waals surface area contributed by atoms with Crippen molar-refractivity contribution in [2.75, 3.05) is 6.54 Å². The number of carboxylic acids is 2. The lowest BCUT2D eigenvalue weighted by Crippen LogP contribution is -2.30. The van der Waals surface area contributed by atoms with E-state index in [0.717, 1.165) is 0 Å². The van der Waals surface area contributed by atoms with Crippen molar-refractivity contribution in [2.45, 2.75) is 24.4 Å². The third kappa shape index (κ3) is 8.38. The molecule has 0 radical (unpaired) electrons. The van der Waals surface area contributed by atoms with Crippen LogP contribution in [0.4, 0.5) is 0 Å². The zero-order chi connectivity index (χ0) is 22.0. The van der Waals surface area contributed by atoms with E-state index in [2.05, 4.69) is 0 Å². The Balaban J connectivity index is 0.000000396. The molecule has 2 rings (SSSR count). The Kier molecular flexibility index (Phi) is 10.6. The summed E-state index contributed by atoms with van der Waals surface area (Å²) < 4.78 is 4.95. The van der Waals surface area contributed by atoms with Crippen molar-refractivity contribution < 1.29 is 29.3 Å². The smallest absolute Gasteiger partial charge is 0.360 e. The summed E-state index contributed by atoms with van der Waals surface area (Å²) in [4.78, 5) is 33.3. The SMILES string of the molecule is NCCCC(N)C(=O)O.O=C(c1cccs1)c1ccc(OC(Cl)C(=O)O)cc1Cl. The maximum atomic E-state index is 12.1. The maximum absolute atomic E-state index is 12.1. The number of carboxylic acid groups (broad SMARTS) is 2. The molecule has 1 heterocycles. The molecule has 0 amide bonds. The molecule has 158 valence electrons. The Hall–Kier alpha value is -2.17. The standard InChI is InChI=1S/C13H8Cl2O4S.C5H12N2O2/c14-9-6-7(19-12(15)13(17)18)3-4-8(9)11(16)10-2-1-5-20-10;6-3-1-2-4(7)5(8)9/h1-6,12H,(H,17,18);4H,1-3,6-7H2,(H,8,9). The summed E-state index contributed by atoms with van der Waals surface area (Å²) in [6.45, 7) is 0.501. The Bertz CT molecular complexity index is 832. The van der Waals surface area contributed by atoms with Gasteiger partial charge in [0.1, 0.15) is 11.8 Å². The van der Waals surface area contributed by atoms with Gasteiger partial charge in [0.05, 0.1) is 9.90 Å². The number of carbonyl (C=O) groups is 3. The number of hydrogen-bond acceptors (Lipinski definition) is 7. The van der Waals surface area contributed by atoms with Crippen molar-refractivity contribution in [1.82, 2.24) is 0 Å². The van der Waals surface area contributed by atoms with Crippen molar-refractivity contribution in [1.29, 1.82) is 0 Å². The predicted molar refractivity (Wildman–Crippen MR) is 111 cm³/mol. The lowest BCUT2D eigenvalue weighted by Gasteiger charge is -2.10. The van der Waals surface area contributed by atoms with Crippen molar-refractivity contribution in [3.8, 4) is 5.75 Å². The average molecular weight is 463 g/mol. The van der Waals surface area contributed by atoms with Crippen LogP contribution in [0.5, 0.6) is 5.75 Å². The summed E-state index contributed by atoms with van der Waals surface area (Å²) in [6.07, 6.45) is 1.14. The minimum absolute atomic E-state index is 0.176. The number of ketones is 1. The second kappa shape index (κ2) is 12.4. The summed E-state index contributed by atoms with van der Waals surface area (Å²) in [7, 11) is 0. The molecule has 2 aromatic rings. The number of alkyl halides is 1. The van der Waals surface area contributed by atoms with Crippen LogP contribution >= 0.6 is 34.5 Å². The quantitative estimate of drug-likeness (QED) is 0.327. The van der Waals surface area contributed by atoms with E-state index >= 15 is 0 Å². The van der Waals surface area contributed by atoms with Crippen molar-refractivity contribution in [2.24, 2.45) is 11.5 Å². The fourth-order valence-electron chi connectivity index (χ4n) is 1.92. The molecule has 0 saturated heterocycles. The number of nitrogens with two attached hydrogens (primary N) is 2. The third-order valence-electron chi connectivity index (χ3n) is 3.40. The first-order chi connectivity index (χ1) is 13.7. The van der Waals surface area contributed by atoms with Gasteiger partial charge in [-0.1, -0.05) is 29.3 Å². The van der Waals surface area contributed by atoms with Gasteiger partial charge in [0.2, 0.25) is 5.78 Å². The van der Waals surface area contributed by atoms with Gasteiger partial charge >= 0.3 is 11.9 Å². The second-order valence-electron chi connectivity index (χ2n) is 5.60. The topological polar surface area (TPSA) is 153 Å². The number of aliphatic carboxylic acids is 2. The number of carbonyl (C=O) groups excluding carboxylic acids is 1. The van der Waals surface area contributed by atoms with E-state index < -0.39 is 23.5 Å². The van der Waals surface area contributed by atoms with Crippen LogP contribution in [0, 0.1) is 0 Å². The van der Waals surface area contributed by atoms with E-state index in [1.165, 1.54) is 29.5 Å². The second-order valence-corrected chi connectivity index (χ2v) is 7.35. The fraction of sp³-hybridized carbons (Fsp3) is 0.278. The van der Waals surface area contributed by atoms with Gasteiger partial charge in [-0.25, -0.2) is 4.79 Å². The molecule has 2 unspecified atom stereocenters. The average Bonchev–Trinajstić information content (AvgIpc) is 3.20. The van der Waals surface area contributed by atoms with E-state index in [-0.39, 0.29) is 16.6 Å². The molecule has 0 saturated carbocycles. The van der Waals surface area contributed by atoms with Gasteiger partial charge in [-0.2, -0.15) is 0 Å². The van der Waals surface area contributed by atoms with Gasteiger partial charge in [0.25, 0.3) is 5.56 Å². The third-order valence-corrected chi connectivity index (χ3v) is 4.86. The molecule has 0 fully saturated rings.